The lowest BCUT2D eigenvalue weighted by atomic mass is 10.1. The molecule has 1 aromatic carbocycles. The highest BCUT2D eigenvalue weighted by Crippen LogP contribution is 2.67. The molecule has 13 heteroatoms. The molecular weight excluding hydrogens is 507 g/mol. The summed E-state index contributed by atoms with van der Waals surface area (Å²) in [4.78, 5) is 15.1. The molecule has 3 aliphatic rings. The standard InChI is InChI=1S/C22H19FN8OS3/c1-3-13-18(28(2)19-26-17(14(9-24)33-19)11-4-6-12(23)7-5-11)30-20(25-13)34-21(27-30)29-10-16-22(8-15(22)29)31(16)35-32/h4-7,15-16,35H,3,8,10H2,1-2H3. The van der Waals surface area contributed by atoms with Gasteiger partial charge in [-0.25, -0.2) is 22.9 Å². The number of halogens is 1. The number of hydrogen-bond donors (Lipinski definition) is 1. The fourth-order valence-corrected chi connectivity index (χ4v) is 8.06. The number of aromatic nitrogens is 4. The van der Waals surface area contributed by atoms with Gasteiger partial charge in [-0.15, -0.1) is 5.10 Å². The van der Waals surface area contributed by atoms with Crippen molar-refractivity contribution in [2.75, 3.05) is 23.4 Å². The highest BCUT2D eigenvalue weighted by Gasteiger charge is 2.84. The molecule has 4 atom stereocenters. The minimum atomic E-state index is -0.332. The van der Waals surface area contributed by atoms with Gasteiger partial charge < -0.3 is 9.80 Å². The van der Waals surface area contributed by atoms with E-state index in [9.17, 15) is 13.9 Å². The van der Waals surface area contributed by atoms with E-state index in [1.165, 1.54) is 23.5 Å². The molecule has 7 rings (SSSR count). The summed E-state index contributed by atoms with van der Waals surface area (Å²) in [5.41, 5.74) is 2.23. The molecule has 4 unspecified atom stereocenters. The number of piperazine rings is 1. The molecule has 1 aliphatic carbocycles. The van der Waals surface area contributed by atoms with Crippen LogP contribution >= 0.6 is 22.7 Å². The van der Waals surface area contributed by atoms with Crippen molar-refractivity contribution in [2.45, 2.75) is 37.4 Å². The van der Waals surface area contributed by atoms with Crippen molar-refractivity contribution in [2.24, 2.45) is 0 Å². The van der Waals surface area contributed by atoms with Gasteiger partial charge in [0.2, 0.25) is 10.1 Å². The first kappa shape index (κ1) is 21.4. The van der Waals surface area contributed by atoms with Crippen LogP contribution in [0.15, 0.2) is 24.3 Å². The van der Waals surface area contributed by atoms with E-state index in [2.05, 4.69) is 17.9 Å². The lowest BCUT2D eigenvalue weighted by Gasteiger charge is -2.19. The Morgan fingerprint density at radius 3 is 2.74 bits per heavy atom. The van der Waals surface area contributed by atoms with Gasteiger partial charge in [-0.2, -0.15) is 9.78 Å². The van der Waals surface area contributed by atoms with Crippen molar-refractivity contribution in [1.82, 2.24) is 23.9 Å². The predicted octanol–water partition coefficient (Wildman–Crippen LogP) is 3.13. The number of benzene rings is 1. The molecule has 3 fully saturated rings. The Bertz CT molecular complexity index is 1560. The first-order chi connectivity index (χ1) is 17.0. The fraction of sp³-hybridized carbons (Fsp3) is 0.364. The maximum atomic E-state index is 13.4. The molecule has 2 aliphatic heterocycles. The van der Waals surface area contributed by atoms with E-state index in [-0.39, 0.29) is 23.2 Å². The molecule has 0 bridgehead atoms. The van der Waals surface area contributed by atoms with Gasteiger partial charge in [0.15, 0.2) is 10.9 Å². The van der Waals surface area contributed by atoms with Crippen LogP contribution in [0, 0.1) is 17.1 Å². The van der Waals surface area contributed by atoms with Crippen LogP contribution in [0.5, 0.6) is 0 Å². The molecule has 0 amide bonds. The van der Waals surface area contributed by atoms with Gasteiger partial charge in [-0.3, -0.25) is 0 Å². The van der Waals surface area contributed by atoms with Gasteiger partial charge in [0.1, 0.15) is 22.5 Å². The molecule has 5 heterocycles. The van der Waals surface area contributed by atoms with Crippen molar-refractivity contribution in [3.8, 4) is 17.3 Å². The van der Waals surface area contributed by atoms with E-state index in [0.717, 1.165) is 41.0 Å². The molecule has 1 saturated carbocycles. The zero-order valence-corrected chi connectivity index (χ0v) is 21.2. The summed E-state index contributed by atoms with van der Waals surface area (Å²) in [7, 11) is 1.90. The highest BCUT2D eigenvalue weighted by molar-refractivity contribution is 7.63. The summed E-state index contributed by atoms with van der Waals surface area (Å²) in [5, 5.41) is 16.2. The number of piperidine rings is 1. The first-order valence-electron chi connectivity index (χ1n) is 11.2. The average molecular weight is 527 g/mol. The van der Waals surface area contributed by atoms with Gasteiger partial charge in [0.05, 0.1) is 35.2 Å². The minimum Gasteiger partial charge on any atom is -0.340 e. The largest absolute Gasteiger partial charge is 0.340 e. The maximum Gasteiger partial charge on any atom is 0.216 e. The number of anilines is 3. The van der Waals surface area contributed by atoms with Crippen LogP contribution in [-0.2, 0) is 18.3 Å². The third kappa shape index (κ3) is 2.85. The van der Waals surface area contributed by atoms with Crippen molar-refractivity contribution in [3.63, 3.8) is 0 Å². The van der Waals surface area contributed by atoms with Crippen molar-refractivity contribution >= 4 is 55.6 Å². The summed E-state index contributed by atoms with van der Waals surface area (Å²) >= 11 is 2.97. The number of aryl methyl sites for hydroxylation is 1. The zero-order valence-electron chi connectivity index (χ0n) is 18.7. The summed E-state index contributed by atoms with van der Waals surface area (Å²) in [6.07, 6.45) is 1.76. The van der Waals surface area contributed by atoms with Crippen LogP contribution in [-0.4, -0.2) is 59.3 Å². The number of hydrogen-bond acceptors (Lipinski definition) is 9. The second-order valence-electron chi connectivity index (χ2n) is 8.97. The van der Waals surface area contributed by atoms with E-state index in [1.54, 1.807) is 23.5 Å². The van der Waals surface area contributed by atoms with E-state index in [4.69, 9.17) is 15.1 Å². The third-order valence-corrected chi connectivity index (χ3v) is 10.1. The molecule has 3 aromatic heterocycles. The molecule has 2 saturated heterocycles. The van der Waals surface area contributed by atoms with Crippen LogP contribution in [0.4, 0.5) is 20.5 Å². The van der Waals surface area contributed by atoms with E-state index >= 15 is 0 Å². The van der Waals surface area contributed by atoms with Gasteiger partial charge in [-0.05, 0) is 37.1 Å². The molecule has 4 aromatic rings. The summed E-state index contributed by atoms with van der Waals surface area (Å²) in [6.45, 7) is 2.89. The van der Waals surface area contributed by atoms with Crippen LogP contribution in [0.3, 0.4) is 0 Å². The minimum absolute atomic E-state index is 0.0939. The van der Waals surface area contributed by atoms with Gasteiger partial charge >= 0.3 is 0 Å². The Morgan fingerprint density at radius 1 is 1.29 bits per heavy atom. The summed E-state index contributed by atoms with van der Waals surface area (Å²) < 4.78 is 28.7. The lowest BCUT2D eigenvalue weighted by molar-refractivity contribution is 0.622. The first-order valence-corrected chi connectivity index (χ1v) is 13.6. The number of thiazole rings is 1. The number of nitriles is 1. The number of fused-ring (bicyclic) bond motifs is 1. The SMILES string of the molecule is CCc1nc2sc(N3CC4N([SH]=O)C45CC35)nn2c1N(C)c1nc(-c2ccc(F)cc2)c(C#N)s1. The van der Waals surface area contributed by atoms with E-state index in [0.29, 0.717) is 33.3 Å². The quantitative estimate of drug-likeness (QED) is 0.305. The highest BCUT2D eigenvalue weighted by atomic mass is 32.2. The molecule has 9 nitrogen and oxygen atoms in total. The number of thiol groups is 1. The van der Waals surface area contributed by atoms with Crippen LogP contribution in [0.2, 0.25) is 0 Å². The van der Waals surface area contributed by atoms with Gasteiger partial charge in [0.25, 0.3) is 0 Å². The zero-order chi connectivity index (χ0) is 24.1. The Morgan fingerprint density at radius 2 is 2.09 bits per heavy atom. The number of imidazole rings is 1. The molecule has 0 radical (unpaired) electrons. The normalized spacial score (nSPS) is 26.0. The lowest BCUT2D eigenvalue weighted by Crippen LogP contribution is -2.29. The van der Waals surface area contributed by atoms with E-state index in [1.807, 2.05) is 20.8 Å². The summed E-state index contributed by atoms with van der Waals surface area (Å²) in [6, 6.07) is 8.95. The van der Waals surface area contributed by atoms with Crippen molar-refractivity contribution in [1.29, 1.82) is 5.26 Å². The maximum absolute atomic E-state index is 13.4. The molecule has 178 valence electrons. The Kier molecular flexibility index (Phi) is 4.46. The summed E-state index contributed by atoms with van der Waals surface area (Å²) in [5.74, 6) is 0.490. The topological polar surface area (TPSA) is 93.4 Å². The fourth-order valence-electron chi connectivity index (χ4n) is 5.40. The second-order valence-corrected chi connectivity index (χ2v) is 11.5. The Hall–Kier alpha value is -2.92. The Balaban J connectivity index is 1.25. The van der Waals surface area contributed by atoms with E-state index < -0.39 is 0 Å². The molecule has 0 N–H and O–H groups in total. The van der Waals surface area contributed by atoms with Crippen LogP contribution < -0.4 is 9.80 Å². The monoisotopic (exact) mass is 526 g/mol. The average Bonchev–Trinajstić information content (AvgIpc) is 3.37. The number of rotatable bonds is 6. The van der Waals surface area contributed by atoms with Gasteiger partial charge in [-0.1, -0.05) is 29.6 Å². The predicted molar refractivity (Wildman–Crippen MR) is 134 cm³/mol. The van der Waals surface area contributed by atoms with Crippen molar-refractivity contribution in [3.05, 3.63) is 40.7 Å². The number of nitrogens with zero attached hydrogens (tertiary/aromatic N) is 8. The van der Waals surface area contributed by atoms with Crippen LogP contribution in [0.25, 0.3) is 16.2 Å². The Labute approximate surface area is 211 Å². The molecule has 1 spiro atoms. The molecule has 35 heavy (non-hydrogen) atoms. The van der Waals surface area contributed by atoms with Gasteiger partial charge in [0, 0.05) is 19.2 Å². The van der Waals surface area contributed by atoms with Crippen LogP contribution in [0.1, 0.15) is 23.9 Å². The second kappa shape index (κ2) is 7.30. The smallest absolute Gasteiger partial charge is 0.216 e. The van der Waals surface area contributed by atoms with Crippen molar-refractivity contribution < 1.29 is 8.60 Å². The third-order valence-electron chi connectivity index (χ3n) is 7.26. The molecular formula is C22H19FN8OS3.